The molecule has 1 aromatic rings. The first-order valence-electron chi connectivity index (χ1n) is 7.94. The highest BCUT2D eigenvalue weighted by molar-refractivity contribution is 6.07. The molecule has 0 saturated carbocycles. The van der Waals surface area contributed by atoms with E-state index in [4.69, 9.17) is 15.2 Å². The maximum atomic E-state index is 13.1. The average Bonchev–Trinajstić information content (AvgIpc) is 2.56. The monoisotopic (exact) mass is 320 g/mol. The van der Waals surface area contributed by atoms with Crippen LogP contribution in [0.5, 0.6) is 5.75 Å². The van der Waals surface area contributed by atoms with Gasteiger partial charge in [0.25, 0.3) is 5.91 Å². The van der Waals surface area contributed by atoms with E-state index in [9.17, 15) is 9.59 Å². The zero-order valence-electron chi connectivity index (χ0n) is 14.1. The van der Waals surface area contributed by atoms with E-state index in [1.54, 1.807) is 18.2 Å². The van der Waals surface area contributed by atoms with Crippen molar-refractivity contribution in [3.8, 4) is 5.75 Å². The third kappa shape index (κ3) is 2.73. The number of benzene rings is 1. The third-order valence-electron chi connectivity index (χ3n) is 4.47. The van der Waals surface area contributed by atoms with E-state index in [0.29, 0.717) is 36.4 Å². The van der Waals surface area contributed by atoms with Crippen LogP contribution in [0.3, 0.4) is 0 Å². The topological polar surface area (TPSA) is 81.9 Å². The molecule has 1 aliphatic heterocycles. The van der Waals surface area contributed by atoms with Crippen molar-refractivity contribution in [2.45, 2.75) is 51.7 Å². The normalized spacial score (nSPS) is 17.2. The van der Waals surface area contributed by atoms with Crippen molar-refractivity contribution in [1.29, 1.82) is 0 Å². The highest BCUT2D eigenvalue weighted by Crippen LogP contribution is 2.43. The predicted molar refractivity (Wildman–Crippen MR) is 88.4 cm³/mol. The van der Waals surface area contributed by atoms with Crippen molar-refractivity contribution in [3.63, 3.8) is 0 Å². The Balaban J connectivity index is 2.63. The number of ether oxygens (including phenoxy) is 2. The highest BCUT2D eigenvalue weighted by Gasteiger charge is 2.49. The Bertz CT molecular complexity index is 611. The number of carbonyl (C=O) groups is 2. The van der Waals surface area contributed by atoms with Crippen LogP contribution in [0, 0.1) is 0 Å². The Morgan fingerprint density at radius 1 is 1.35 bits per heavy atom. The van der Waals surface area contributed by atoms with E-state index in [0.717, 1.165) is 0 Å². The number of fused-ring (bicyclic) bond motifs is 1. The molecule has 0 radical (unpaired) electrons. The lowest BCUT2D eigenvalue weighted by Crippen LogP contribution is -2.60. The van der Waals surface area contributed by atoms with Crippen molar-refractivity contribution in [2.75, 3.05) is 17.7 Å². The van der Waals surface area contributed by atoms with Gasteiger partial charge in [-0.15, -0.1) is 0 Å². The fraction of sp³-hybridized carbons (Fsp3) is 0.529. The molecule has 6 heteroatoms. The molecule has 2 rings (SSSR count). The number of anilines is 2. The molecule has 23 heavy (non-hydrogen) atoms. The summed E-state index contributed by atoms with van der Waals surface area (Å²) in [4.78, 5) is 26.8. The lowest BCUT2D eigenvalue weighted by Gasteiger charge is -2.44. The molecular weight excluding hydrogens is 296 g/mol. The van der Waals surface area contributed by atoms with Crippen LogP contribution in [0.1, 0.15) is 40.0 Å². The maximum absolute atomic E-state index is 13.1. The molecule has 0 spiro atoms. The summed E-state index contributed by atoms with van der Waals surface area (Å²) < 4.78 is 10.9. The molecule has 0 aromatic heterocycles. The summed E-state index contributed by atoms with van der Waals surface area (Å²) in [5.74, 6) is -0.126. The molecule has 0 fully saturated rings. The summed E-state index contributed by atoms with van der Waals surface area (Å²) in [7, 11) is 1.33. The van der Waals surface area contributed by atoms with Gasteiger partial charge in [0, 0.05) is 11.8 Å². The Morgan fingerprint density at radius 2 is 2.00 bits per heavy atom. The number of esters is 1. The molecule has 1 aromatic carbocycles. The van der Waals surface area contributed by atoms with Crippen LogP contribution in [0.4, 0.5) is 11.4 Å². The largest absolute Gasteiger partial charge is 0.475 e. The van der Waals surface area contributed by atoms with Gasteiger partial charge in [0.1, 0.15) is 11.8 Å². The maximum Gasteiger partial charge on any atom is 0.328 e. The van der Waals surface area contributed by atoms with E-state index in [2.05, 4.69) is 0 Å². The van der Waals surface area contributed by atoms with E-state index >= 15 is 0 Å². The summed E-state index contributed by atoms with van der Waals surface area (Å²) in [6.07, 6.45) is 1.46. The Hall–Kier alpha value is -2.24. The molecule has 6 nitrogen and oxygen atoms in total. The minimum absolute atomic E-state index is 0.211. The molecule has 1 aliphatic rings. The molecule has 1 heterocycles. The quantitative estimate of drug-likeness (QED) is 0.666. The van der Waals surface area contributed by atoms with Crippen molar-refractivity contribution < 1.29 is 19.1 Å². The SMILES string of the molecule is CCC(C(=O)OC)N1C(=O)C(CC)(CC)Oc2cc(N)ccc21. The van der Waals surface area contributed by atoms with Crippen LogP contribution in [0.25, 0.3) is 0 Å². The summed E-state index contributed by atoms with van der Waals surface area (Å²) in [5.41, 5.74) is 5.97. The van der Waals surface area contributed by atoms with Gasteiger partial charge < -0.3 is 15.2 Å². The van der Waals surface area contributed by atoms with E-state index in [1.807, 2.05) is 20.8 Å². The van der Waals surface area contributed by atoms with Crippen LogP contribution in [0.15, 0.2) is 18.2 Å². The standard InChI is InChI=1S/C17H24N2O4/c1-5-12(15(20)22-4)19-13-9-8-11(18)10-14(13)23-17(6-2,7-3)16(19)21/h8-10,12H,5-7,18H2,1-4H3. The van der Waals surface area contributed by atoms with Gasteiger partial charge in [-0.25, -0.2) is 4.79 Å². The molecule has 0 aliphatic carbocycles. The summed E-state index contributed by atoms with van der Waals surface area (Å²) in [6.45, 7) is 5.65. The number of amides is 1. The van der Waals surface area contributed by atoms with Gasteiger partial charge in [-0.3, -0.25) is 9.69 Å². The van der Waals surface area contributed by atoms with Crippen molar-refractivity contribution in [1.82, 2.24) is 0 Å². The predicted octanol–water partition coefficient (Wildman–Crippen LogP) is 2.50. The summed E-state index contributed by atoms with van der Waals surface area (Å²) in [6, 6.07) is 4.41. The van der Waals surface area contributed by atoms with Gasteiger partial charge in [-0.2, -0.15) is 0 Å². The second-order valence-electron chi connectivity index (χ2n) is 5.65. The average molecular weight is 320 g/mol. The molecule has 2 N–H and O–H groups in total. The smallest absolute Gasteiger partial charge is 0.328 e. The lowest BCUT2D eigenvalue weighted by molar-refractivity contribution is -0.146. The van der Waals surface area contributed by atoms with Gasteiger partial charge in [0.15, 0.2) is 5.60 Å². The van der Waals surface area contributed by atoms with Crippen LogP contribution in [-0.4, -0.2) is 30.6 Å². The Kier molecular flexibility index (Phi) is 4.82. The van der Waals surface area contributed by atoms with Crippen molar-refractivity contribution in [2.24, 2.45) is 0 Å². The molecule has 0 bridgehead atoms. The summed E-state index contributed by atoms with van der Waals surface area (Å²) in [5, 5.41) is 0. The number of hydrogen-bond acceptors (Lipinski definition) is 5. The summed E-state index contributed by atoms with van der Waals surface area (Å²) >= 11 is 0. The van der Waals surface area contributed by atoms with Gasteiger partial charge in [0.05, 0.1) is 12.8 Å². The number of hydrogen-bond donors (Lipinski definition) is 1. The molecule has 0 saturated heterocycles. The van der Waals surface area contributed by atoms with Crippen LogP contribution >= 0.6 is 0 Å². The van der Waals surface area contributed by atoms with Gasteiger partial charge >= 0.3 is 5.97 Å². The zero-order valence-corrected chi connectivity index (χ0v) is 14.1. The molecule has 1 amide bonds. The number of nitrogen functional groups attached to an aromatic ring is 1. The van der Waals surface area contributed by atoms with E-state index in [-0.39, 0.29) is 5.91 Å². The van der Waals surface area contributed by atoms with E-state index in [1.165, 1.54) is 12.0 Å². The van der Waals surface area contributed by atoms with Crippen molar-refractivity contribution in [3.05, 3.63) is 18.2 Å². The third-order valence-corrected chi connectivity index (χ3v) is 4.47. The van der Waals surface area contributed by atoms with Gasteiger partial charge in [0.2, 0.25) is 0 Å². The van der Waals surface area contributed by atoms with Gasteiger partial charge in [-0.05, 0) is 31.4 Å². The number of nitrogens with two attached hydrogens (primary N) is 1. The Morgan fingerprint density at radius 3 is 2.52 bits per heavy atom. The number of rotatable bonds is 5. The van der Waals surface area contributed by atoms with Crippen LogP contribution in [0.2, 0.25) is 0 Å². The molecule has 126 valence electrons. The fourth-order valence-corrected chi connectivity index (χ4v) is 2.99. The zero-order chi connectivity index (χ0) is 17.2. The number of nitrogens with zero attached hydrogens (tertiary/aromatic N) is 1. The van der Waals surface area contributed by atoms with Crippen LogP contribution in [-0.2, 0) is 14.3 Å². The minimum Gasteiger partial charge on any atom is -0.475 e. The highest BCUT2D eigenvalue weighted by atomic mass is 16.5. The Labute approximate surface area is 136 Å². The molecular formula is C17H24N2O4. The van der Waals surface area contributed by atoms with E-state index < -0.39 is 17.6 Å². The van der Waals surface area contributed by atoms with Crippen molar-refractivity contribution >= 4 is 23.3 Å². The lowest BCUT2D eigenvalue weighted by atomic mass is 9.91. The first kappa shape index (κ1) is 17.1. The first-order chi connectivity index (χ1) is 10.9. The van der Waals surface area contributed by atoms with Gasteiger partial charge in [-0.1, -0.05) is 20.8 Å². The molecule has 1 unspecified atom stereocenters. The second-order valence-corrected chi connectivity index (χ2v) is 5.65. The van der Waals surface area contributed by atoms with Crippen LogP contribution < -0.4 is 15.4 Å². The first-order valence-corrected chi connectivity index (χ1v) is 7.94. The fourth-order valence-electron chi connectivity index (χ4n) is 2.99. The molecule has 1 atom stereocenters. The second kappa shape index (κ2) is 6.48. The number of methoxy groups -OCH3 is 1. The number of carbonyl (C=O) groups excluding carboxylic acids is 2. The minimum atomic E-state index is -0.984.